The first kappa shape index (κ1) is 24.6. The highest BCUT2D eigenvalue weighted by Gasteiger charge is 2.35. The highest BCUT2D eigenvalue weighted by molar-refractivity contribution is 6.36. The fourth-order valence-corrected chi connectivity index (χ4v) is 5.71. The zero-order valence-corrected chi connectivity index (χ0v) is 21.5. The highest BCUT2D eigenvalue weighted by atomic mass is 35.5. The number of amides is 3. The number of carbonyl (C=O) groups is 3. The SMILES string of the molecule is CC(C(=O)NC1CCCC1)N(Cc1c(Cl)cccc1Cl)C(=O)CN1C(=O)c2cccc3cccc1c23. The minimum Gasteiger partial charge on any atom is -0.352 e. The summed E-state index contributed by atoms with van der Waals surface area (Å²) in [5, 5.41) is 5.69. The van der Waals surface area contributed by atoms with Crippen LogP contribution in [0.1, 0.15) is 48.5 Å². The molecule has 186 valence electrons. The van der Waals surface area contributed by atoms with E-state index in [-0.39, 0.29) is 36.9 Å². The van der Waals surface area contributed by atoms with Crippen molar-refractivity contribution in [2.75, 3.05) is 11.4 Å². The Morgan fingerprint density at radius 3 is 2.36 bits per heavy atom. The zero-order valence-electron chi connectivity index (χ0n) is 20.0. The molecule has 3 aromatic carbocycles. The lowest BCUT2D eigenvalue weighted by Crippen LogP contribution is -2.52. The van der Waals surface area contributed by atoms with Crippen molar-refractivity contribution in [2.45, 2.75) is 51.2 Å². The summed E-state index contributed by atoms with van der Waals surface area (Å²) in [4.78, 5) is 43.2. The number of anilines is 1. The van der Waals surface area contributed by atoms with Crippen molar-refractivity contribution in [3.05, 3.63) is 75.8 Å². The molecule has 3 amide bonds. The van der Waals surface area contributed by atoms with Gasteiger partial charge >= 0.3 is 0 Å². The first-order chi connectivity index (χ1) is 17.3. The van der Waals surface area contributed by atoms with Crippen LogP contribution in [0.3, 0.4) is 0 Å². The Labute approximate surface area is 220 Å². The fourth-order valence-electron chi connectivity index (χ4n) is 5.19. The van der Waals surface area contributed by atoms with Gasteiger partial charge in [-0.05, 0) is 49.4 Å². The van der Waals surface area contributed by atoms with Crippen LogP contribution < -0.4 is 10.2 Å². The van der Waals surface area contributed by atoms with Crippen molar-refractivity contribution in [3.63, 3.8) is 0 Å². The molecule has 6 nitrogen and oxygen atoms in total. The lowest BCUT2D eigenvalue weighted by molar-refractivity contribution is -0.139. The first-order valence-corrected chi connectivity index (χ1v) is 13.0. The van der Waals surface area contributed by atoms with Gasteiger partial charge in [0.05, 0.1) is 5.69 Å². The van der Waals surface area contributed by atoms with Crippen molar-refractivity contribution < 1.29 is 14.4 Å². The fraction of sp³-hybridized carbons (Fsp3) is 0.321. The van der Waals surface area contributed by atoms with Crippen molar-refractivity contribution in [1.29, 1.82) is 0 Å². The third-order valence-corrected chi connectivity index (χ3v) is 7.91. The van der Waals surface area contributed by atoms with Crippen LogP contribution >= 0.6 is 23.2 Å². The number of nitrogens with one attached hydrogen (secondary N) is 1. The Kier molecular flexibility index (Phi) is 6.91. The van der Waals surface area contributed by atoms with Crippen LogP contribution in [-0.4, -0.2) is 41.2 Å². The van der Waals surface area contributed by atoms with E-state index < -0.39 is 6.04 Å². The molecule has 1 heterocycles. The van der Waals surface area contributed by atoms with Crippen molar-refractivity contribution in [1.82, 2.24) is 10.2 Å². The number of hydrogen-bond acceptors (Lipinski definition) is 3. The molecule has 1 N–H and O–H groups in total. The van der Waals surface area contributed by atoms with E-state index in [9.17, 15) is 14.4 Å². The Bertz CT molecular complexity index is 1330. The molecule has 1 atom stereocenters. The average Bonchev–Trinajstić information content (AvgIpc) is 3.47. The molecule has 2 aliphatic rings. The number of halogens is 2. The van der Waals surface area contributed by atoms with E-state index in [1.165, 1.54) is 9.80 Å². The maximum atomic E-state index is 13.8. The molecule has 1 unspecified atom stereocenters. The number of carbonyl (C=O) groups excluding carboxylic acids is 3. The van der Waals surface area contributed by atoms with Crippen molar-refractivity contribution in [3.8, 4) is 0 Å². The van der Waals surface area contributed by atoms with Gasteiger partial charge in [0.1, 0.15) is 12.6 Å². The molecule has 0 spiro atoms. The molecular formula is C28H27Cl2N3O3. The van der Waals surface area contributed by atoms with Crippen molar-refractivity contribution >= 4 is 57.4 Å². The average molecular weight is 524 g/mol. The van der Waals surface area contributed by atoms with Gasteiger partial charge in [-0.15, -0.1) is 0 Å². The molecule has 1 aliphatic heterocycles. The van der Waals surface area contributed by atoms with Crippen LogP contribution in [0.4, 0.5) is 5.69 Å². The quantitative estimate of drug-likeness (QED) is 0.439. The highest BCUT2D eigenvalue weighted by Crippen LogP contribution is 2.37. The van der Waals surface area contributed by atoms with E-state index in [0.29, 0.717) is 26.9 Å². The predicted molar refractivity (Wildman–Crippen MR) is 142 cm³/mol. The Balaban J connectivity index is 1.44. The largest absolute Gasteiger partial charge is 0.352 e. The smallest absolute Gasteiger partial charge is 0.259 e. The Morgan fingerprint density at radius 1 is 1.03 bits per heavy atom. The second-order valence-corrected chi connectivity index (χ2v) is 10.3. The van der Waals surface area contributed by atoms with Gasteiger partial charge in [0, 0.05) is 39.1 Å². The molecule has 1 saturated carbocycles. The summed E-state index contributed by atoms with van der Waals surface area (Å²) in [6.07, 6.45) is 4.04. The number of benzene rings is 3. The summed E-state index contributed by atoms with van der Waals surface area (Å²) in [6.45, 7) is 1.56. The van der Waals surface area contributed by atoms with Gasteiger partial charge in [0.15, 0.2) is 0 Å². The van der Waals surface area contributed by atoms with E-state index in [0.717, 1.165) is 36.5 Å². The van der Waals surface area contributed by atoms with Crippen LogP contribution in [0, 0.1) is 0 Å². The minimum atomic E-state index is -0.777. The normalized spacial score (nSPS) is 16.0. The summed E-state index contributed by atoms with van der Waals surface area (Å²) >= 11 is 12.8. The van der Waals surface area contributed by atoms with E-state index in [1.807, 2.05) is 30.3 Å². The third kappa shape index (κ3) is 4.56. The molecule has 36 heavy (non-hydrogen) atoms. The summed E-state index contributed by atoms with van der Waals surface area (Å²) in [6, 6.07) is 15.7. The van der Waals surface area contributed by atoms with E-state index in [2.05, 4.69) is 5.32 Å². The molecule has 0 saturated heterocycles. The lowest BCUT2D eigenvalue weighted by atomic mass is 10.1. The van der Waals surface area contributed by atoms with Crippen LogP contribution in [0.5, 0.6) is 0 Å². The van der Waals surface area contributed by atoms with Gasteiger partial charge in [-0.25, -0.2) is 0 Å². The maximum Gasteiger partial charge on any atom is 0.259 e. The van der Waals surface area contributed by atoms with Gasteiger partial charge in [-0.2, -0.15) is 0 Å². The minimum absolute atomic E-state index is 0.0514. The number of nitrogens with zero attached hydrogens (tertiary/aromatic N) is 2. The summed E-state index contributed by atoms with van der Waals surface area (Å²) < 4.78 is 0. The number of rotatable bonds is 7. The topological polar surface area (TPSA) is 69.7 Å². The van der Waals surface area contributed by atoms with Crippen LogP contribution in [0.25, 0.3) is 10.8 Å². The summed E-state index contributed by atoms with van der Waals surface area (Å²) in [7, 11) is 0. The van der Waals surface area contributed by atoms with Gasteiger partial charge in [0.2, 0.25) is 11.8 Å². The second-order valence-electron chi connectivity index (χ2n) is 9.46. The summed E-state index contributed by atoms with van der Waals surface area (Å²) in [5.41, 5.74) is 1.83. The van der Waals surface area contributed by atoms with E-state index in [1.54, 1.807) is 31.2 Å². The van der Waals surface area contributed by atoms with Crippen LogP contribution in [0.2, 0.25) is 10.0 Å². The van der Waals surface area contributed by atoms with Crippen LogP contribution in [-0.2, 0) is 16.1 Å². The molecule has 0 aromatic heterocycles. The molecule has 1 aliphatic carbocycles. The maximum absolute atomic E-state index is 13.8. The molecule has 3 aromatic rings. The van der Waals surface area contributed by atoms with Gasteiger partial charge in [-0.1, -0.05) is 66.4 Å². The van der Waals surface area contributed by atoms with Gasteiger partial charge < -0.3 is 10.2 Å². The molecular weight excluding hydrogens is 497 g/mol. The third-order valence-electron chi connectivity index (χ3n) is 7.20. The Hall–Kier alpha value is -3.09. The monoisotopic (exact) mass is 523 g/mol. The van der Waals surface area contributed by atoms with Crippen molar-refractivity contribution in [2.24, 2.45) is 0 Å². The van der Waals surface area contributed by atoms with E-state index >= 15 is 0 Å². The predicted octanol–water partition coefficient (Wildman–Crippen LogP) is 5.58. The lowest BCUT2D eigenvalue weighted by Gasteiger charge is -2.31. The van der Waals surface area contributed by atoms with Crippen LogP contribution in [0.15, 0.2) is 54.6 Å². The second kappa shape index (κ2) is 10.1. The molecule has 0 bridgehead atoms. The van der Waals surface area contributed by atoms with Gasteiger partial charge in [-0.3, -0.25) is 19.3 Å². The standard InChI is InChI=1S/C28H27Cl2N3O3/c1-17(27(35)31-19-9-2-3-10-19)32(15-21-22(29)12-6-13-23(21)30)25(34)16-33-24-14-5-8-18-7-4-11-20(26(18)24)28(33)36/h4-8,11-14,17,19H,2-3,9-10,15-16H2,1H3,(H,31,35). The summed E-state index contributed by atoms with van der Waals surface area (Å²) in [5.74, 6) is -0.816. The number of hydrogen-bond donors (Lipinski definition) is 1. The Morgan fingerprint density at radius 2 is 1.67 bits per heavy atom. The molecule has 8 heteroatoms. The zero-order chi connectivity index (χ0) is 25.4. The van der Waals surface area contributed by atoms with Gasteiger partial charge in [0.25, 0.3) is 5.91 Å². The molecule has 5 rings (SSSR count). The molecule has 0 radical (unpaired) electrons. The first-order valence-electron chi connectivity index (χ1n) is 12.2. The van der Waals surface area contributed by atoms with E-state index in [4.69, 9.17) is 23.2 Å². The molecule has 1 fully saturated rings.